The number of amides is 1. The van der Waals surface area contributed by atoms with Crippen LogP contribution in [0.4, 0.5) is 0 Å². The molecular formula is C17H26N2O5S. The van der Waals surface area contributed by atoms with Gasteiger partial charge in [-0.3, -0.25) is 4.79 Å². The van der Waals surface area contributed by atoms with Crippen LogP contribution in [0.1, 0.15) is 17.5 Å². The fourth-order valence-electron chi connectivity index (χ4n) is 3.12. The molecule has 25 heavy (non-hydrogen) atoms. The molecule has 1 heterocycles. The van der Waals surface area contributed by atoms with Gasteiger partial charge in [0.25, 0.3) is 0 Å². The molecule has 0 atom stereocenters. The van der Waals surface area contributed by atoms with Crippen molar-refractivity contribution in [2.75, 3.05) is 46.7 Å². The van der Waals surface area contributed by atoms with Crippen molar-refractivity contribution < 1.29 is 22.7 Å². The van der Waals surface area contributed by atoms with Crippen LogP contribution in [-0.4, -0.2) is 70.2 Å². The Morgan fingerprint density at radius 3 is 2.44 bits per heavy atom. The maximum Gasteiger partial charge on any atom is 0.227 e. The number of carbonyl (C=O) groups excluding carboxylic acids is 1. The molecule has 1 aliphatic heterocycles. The largest absolute Gasteiger partial charge is 0.496 e. The van der Waals surface area contributed by atoms with Gasteiger partial charge in [-0.1, -0.05) is 6.07 Å². The van der Waals surface area contributed by atoms with E-state index in [1.54, 1.807) is 19.1 Å². The quantitative estimate of drug-likeness (QED) is 0.774. The summed E-state index contributed by atoms with van der Waals surface area (Å²) in [6, 6.07) is 3.66. The molecule has 140 valence electrons. The SMILES string of the molecule is COc1ccc(CC(=O)N2CCCN(S(C)(=O)=O)CC2)c(OC)c1C. The Hall–Kier alpha value is -1.80. The summed E-state index contributed by atoms with van der Waals surface area (Å²) in [5, 5.41) is 0. The van der Waals surface area contributed by atoms with Gasteiger partial charge in [0, 0.05) is 37.3 Å². The molecule has 1 aromatic rings. The number of benzene rings is 1. The highest BCUT2D eigenvalue weighted by Gasteiger charge is 2.24. The van der Waals surface area contributed by atoms with E-state index in [2.05, 4.69) is 0 Å². The van der Waals surface area contributed by atoms with Crippen LogP contribution in [0.3, 0.4) is 0 Å². The highest BCUT2D eigenvalue weighted by molar-refractivity contribution is 7.88. The minimum atomic E-state index is -3.22. The van der Waals surface area contributed by atoms with Crippen molar-refractivity contribution in [1.82, 2.24) is 9.21 Å². The number of sulfonamides is 1. The van der Waals surface area contributed by atoms with E-state index in [-0.39, 0.29) is 12.3 Å². The Bertz CT molecular complexity index is 733. The summed E-state index contributed by atoms with van der Waals surface area (Å²) < 4.78 is 35.5. The van der Waals surface area contributed by atoms with Gasteiger partial charge < -0.3 is 14.4 Å². The Kier molecular flexibility index (Phi) is 6.29. The molecule has 0 aromatic heterocycles. The minimum absolute atomic E-state index is 0.0294. The summed E-state index contributed by atoms with van der Waals surface area (Å²) in [5.74, 6) is 1.34. The van der Waals surface area contributed by atoms with Gasteiger partial charge in [0.05, 0.1) is 26.9 Å². The first-order valence-electron chi connectivity index (χ1n) is 8.21. The van der Waals surface area contributed by atoms with Crippen LogP contribution < -0.4 is 9.47 Å². The molecule has 1 amide bonds. The standard InChI is InChI=1S/C17H26N2O5S/c1-13-15(23-2)7-6-14(17(13)24-3)12-16(20)18-8-5-9-19(11-10-18)25(4,21)22/h6-7H,5,8-12H2,1-4H3. The Morgan fingerprint density at radius 2 is 1.84 bits per heavy atom. The van der Waals surface area contributed by atoms with E-state index in [1.165, 1.54) is 10.6 Å². The first kappa shape index (κ1) is 19.5. The van der Waals surface area contributed by atoms with Gasteiger partial charge in [-0.15, -0.1) is 0 Å². The smallest absolute Gasteiger partial charge is 0.227 e. The lowest BCUT2D eigenvalue weighted by molar-refractivity contribution is -0.130. The molecule has 0 radical (unpaired) electrons. The van der Waals surface area contributed by atoms with Crippen molar-refractivity contribution in [3.05, 3.63) is 23.3 Å². The Morgan fingerprint density at radius 1 is 1.12 bits per heavy atom. The normalized spacial score (nSPS) is 16.4. The molecule has 1 aromatic carbocycles. The second kappa shape index (κ2) is 8.05. The zero-order chi connectivity index (χ0) is 18.6. The number of rotatable bonds is 5. The zero-order valence-corrected chi connectivity index (χ0v) is 16.1. The first-order valence-corrected chi connectivity index (χ1v) is 10.1. The summed E-state index contributed by atoms with van der Waals surface area (Å²) in [5.41, 5.74) is 1.66. The second-order valence-corrected chi connectivity index (χ2v) is 8.14. The van der Waals surface area contributed by atoms with Crippen LogP contribution in [-0.2, 0) is 21.2 Å². The maximum atomic E-state index is 12.7. The highest BCUT2D eigenvalue weighted by atomic mass is 32.2. The van der Waals surface area contributed by atoms with Crippen molar-refractivity contribution in [3.63, 3.8) is 0 Å². The molecule has 0 aliphatic carbocycles. The van der Waals surface area contributed by atoms with Crippen molar-refractivity contribution in [3.8, 4) is 11.5 Å². The van der Waals surface area contributed by atoms with E-state index in [9.17, 15) is 13.2 Å². The van der Waals surface area contributed by atoms with Crippen LogP contribution in [0.2, 0.25) is 0 Å². The number of methoxy groups -OCH3 is 2. The van der Waals surface area contributed by atoms with Gasteiger partial charge in [-0.25, -0.2) is 12.7 Å². The number of hydrogen-bond donors (Lipinski definition) is 0. The van der Waals surface area contributed by atoms with E-state index in [4.69, 9.17) is 9.47 Å². The van der Waals surface area contributed by atoms with Gasteiger partial charge in [0.2, 0.25) is 15.9 Å². The van der Waals surface area contributed by atoms with Crippen LogP contribution in [0.5, 0.6) is 11.5 Å². The fraction of sp³-hybridized carbons (Fsp3) is 0.588. The van der Waals surface area contributed by atoms with Gasteiger partial charge in [0.1, 0.15) is 11.5 Å². The monoisotopic (exact) mass is 370 g/mol. The van der Waals surface area contributed by atoms with Crippen molar-refractivity contribution in [2.24, 2.45) is 0 Å². The molecule has 0 unspecified atom stereocenters. The molecular weight excluding hydrogens is 344 g/mol. The van der Waals surface area contributed by atoms with Gasteiger partial charge >= 0.3 is 0 Å². The lowest BCUT2D eigenvalue weighted by Crippen LogP contribution is -2.37. The van der Waals surface area contributed by atoms with Crippen molar-refractivity contribution in [1.29, 1.82) is 0 Å². The van der Waals surface area contributed by atoms with E-state index in [0.717, 1.165) is 11.1 Å². The lowest BCUT2D eigenvalue weighted by Gasteiger charge is -2.22. The lowest BCUT2D eigenvalue weighted by atomic mass is 10.0. The van der Waals surface area contributed by atoms with Crippen LogP contribution >= 0.6 is 0 Å². The van der Waals surface area contributed by atoms with Gasteiger partial charge in [0.15, 0.2) is 0 Å². The van der Waals surface area contributed by atoms with Gasteiger partial charge in [-0.05, 0) is 19.4 Å². The molecule has 7 nitrogen and oxygen atoms in total. The van der Waals surface area contributed by atoms with Crippen LogP contribution in [0, 0.1) is 6.92 Å². The highest BCUT2D eigenvalue weighted by Crippen LogP contribution is 2.31. The summed E-state index contributed by atoms with van der Waals surface area (Å²) in [6.07, 6.45) is 2.06. The average Bonchev–Trinajstić information content (AvgIpc) is 2.81. The minimum Gasteiger partial charge on any atom is -0.496 e. The predicted octanol–water partition coefficient (Wildman–Crippen LogP) is 1.05. The van der Waals surface area contributed by atoms with E-state index < -0.39 is 10.0 Å². The molecule has 0 saturated carbocycles. The molecule has 0 bridgehead atoms. The molecule has 1 saturated heterocycles. The second-order valence-electron chi connectivity index (χ2n) is 6.16. The Balaban J connectivity index is 2.11. The summed E-state index contributed by atoms with van der Waals surface area (Å²) >= 11 is 0. The third kappa shape index (κ3) is 4.64. The van der Waals surface area contributed by atoms with Crippen molar-refractivity contribution in [2.45, 2.75) is 19.8 Å². The van der Waals surface area contributed by atoms with E-state index in [0.29, 0.717) is 44.1 Å². The Labute approximate surface area is 149 Å². The number of carbonyl (C=O) groups is 1. The van der Waals surface area contributed by atoms with Gasteiger partial charge in [-0.2, -0.15) is 0 Å². The first-order chi connectivity index (χ1) is 11.8. The molecule has 1 fully saturated rings. The molecule has 0 N–H and O–H groups in total. The molecule has 1 aliphatic rings. The summed E-state index contributed by atoms with van der Waals surface area (Å²) in [6.45, 7) is 3.64. The molecule has 2 rings (SSSR count). The number of hydrogen-bond acceptors (Lipinski definition) is 5. The van der Waals surface area contributed by atoms with Crippen molar-refractivity contribution >= 4 is 15.9 Å². The van der Waals surface area contributed by atoms with Crippen LogP contribution in [0.25, 0.3) is 0 Å². The maximum absolute atomic E-state index is 12.7. The fourth-order valence-corrected chi connectivity index (χ4v) is 4.00. The van der Waals surface area contributed by atoms with E-state index >= 15 is 0 Å². The van der Waals surface area contributed by atoms with E-state index in [1.807, 2.05) is 19.1 Å². The topological polar surface area (TPSA) is 76.2 Å². The predicted molar refractivity (Wildman–Crippen MR) is 95.6 cm³/mol. The third-order valence-electron chi connectivity index (χ3n) is 4.48. The average molecular weight is 370 g/mol. The number of nitrogens with zero attached hydrogens (tertiary/aromatic N) is 2. The zero-order valence-electron chi connectivity index (χ0n) is 15.2. The number of ether oxygens (including phenoxy) is 2. The van der Waals surface area contributed by atoms with Crippen LogP contribution in [0.15, 0.2) is 12.1 Å². The summed E-state index contributed by atoms with van der Waals surface area (Å²) in [4.78, 5) is 14.4. The summed E-state index contributed by atoms with van der Waals surface area (Å²) in [7, 11) is -0.0501. The third-order valence-corrected chi connectivity index (χ3v) is 5.78. The molecule has 0 spiro atoms. The molecule has 8 heteroatoms.